The number of hydrogen-bond acceptors (Lipinski definition) is 3. The Kier molecular flexibility index (Phi) is 3.76. The molecule has 5 heteroatoms. The molecule has 25 heavy (non-hydrogen) atoms. The van der Waals surface area contributed by atoms with Crippen LogP contribution in [0.2, 0.25) is 0 Å². The second kappa shape index (κ2) is 6.09. The zero-order valence-electron chi connectivity index (χ0n) is 14.4. The zero-order chi connectivity index (χ0) is 17.4. The molecule has 4 aromatic rings. The van der Waals surface area contributed by atoms with Crippen LogP contribution in [0.3, 0.4) is 0 Å². The summed E-state index contributed by atoms with van der Waals surface area (Å²) in [4.78, 5) is 15.6. The van der Waals surface area contributed by atoms with Crippen LogP contribution >= 0.6 is 0 Å². The average Bonchev–Trinajstić information content (AvgIpc) is 2.96. The molecule has 0 aliphatic carbocycles. The van der Waals surface area contributed by atoms with Gasteiger partial charge in [-0.1, -0.05) is 24.3 Å². The van der Waals surface area contributed by atoms with Gasteiger partial charge in [-0.25, -0.2) is 4.79 Å². The van der Waals surface area contributed by atoms with E-state index < -0.39 is 0 Å². The number of anilines is 1. The monoisotopic (exact) mass is 332 g/mol. The first kappa shape index (κ1) is 15.4. The summed E-state index contributed by atoms with van der Waals surface area (Å²) < 4.78 is 3.79. The lowest BCUT2D eigenvalue weighted by molar-refractivity contribution is 0.810. The molecule has 0 amide bonds. The minimum absolute atomic E-state index is 0.258. The minimum Gasteiger partial charge on any atom is -0.366 e. The van der Waals surface area contributed by atoms with Gasteiger partial charge >= 0.3 is 5.69 Å². The lowest BCUT2D eigenvalue weighted by Crippen LogP contribution is -2.20. The molecule has 0 atom stereocenters. The van der Waals surface area contributed by atoms with Crippen molar-refractivity contribution in [2.75, 3.05) is 5.32 Å². The van der Waals surface area contributed by atoms with E-state index in [0.717, 1.165) is 12.1 Å². The van der Waals surface area contributed by atoms with Crippen LogP contribution in [0.15, 0.2) is 59.5 Å². The third-order valence-electron chi connectivity index (χ3n) is 4.60. The van der Waals surface area contributed by atoms with E-state index in [1.165, 1.54) is 26.4 Å². The number of para-hydroxylation sites is 1. The molecule has 4 rings (SSSR count). The highest BCUT2D eigenvalue weighted by atomic mass is 16.1. The number of benzene rings is 2. The minimum atomic E-state index is -0.258. The van der Waals surface area contributed by atoms with Crippen molar-refractivity contribution in [1.82, 2.24) is 14.1 Å². The molecule has 0 fully saturated rings. The molecule has 0 bridgehead atoms. The molecule has 1 N–H and O–H groups in total. The Balaban J connectivity index is 1.70. The molecule has 126 valence electrons. The lowest BCUT2D eigenvalue weighted by atomic mass is 10.1. The maximum Gasteiger partial charge on any atom is 0.349 e. The molecule has 0 radical (unpaired) electrons. The first-order chi connectivity index (χ1) is 12.2. The first-order valence-corrected chi connectivity index (χ1v) is 8.45. The molecule has 0 spiro atoms. The van der Waals surface area contributed by atoms with Gasteiger partial charge in [0.15, 0.2) is 0 Å². The fourth-order valence-corrected chi connectivity index (χ4v) is 3.31. The number of nitrogens with one attached hydrogen (secondary N) is 1. The number of rotatable bonds is 4. The van der Waals surface area contributed by atoms with E-state index >= 15 is 0 Å². The molecule has 5 nitrogen and oxygen atoms in total. The van der Waals surface area contributed by atoms with Crippen LogP contribution in [0.5, 0.6) is 0 Å². The van der Waals surface area contributed by atoms with Gasteiger partial charge in [0.25, 0.3) is 0 Å². The fraction of sp³-hybridized carbons (Fsp3) is 0.200. The van der Waals surface area contributed by atoms with Crippen molar-refractivity contribution in [1.29, 1.82) is 0 Å². The van der Waals surface area contributed by atoms with Crippen LogP contribution in [0.4, 0.5) is 5.82 Å². The second-order valence-corrected chi connectivity index (χ2v) is 6.17. The molecular weight excluding hydrogens is 312 g/mol. The summed E-state index contributed by atoms with van der Waals surface area (Å²) in [6.07, 6.45) is 1.72. The van der Waals surface area contributed by atoms with Gasteiger partial charge in [0.1, 0.15) is 5.82 Å². The highest BCUT2D eigenvalue weighted by Crippen LogP contribution is 2.29. The van der Waals surface area contributed by atoms with Crippen LogP contribution in [0.25, 0.3) is 21.8 Å². The quantitative estimate of drug-likeness (QED) is 0.622. The van der Waals surface area contributed by atoms with Crippen molar-refractivity contribution in [3.8, 4) is 0 Å². The maximum atomic E-state index is 11.6. The molecule has 2 heterocycles. The first-order valence-electron chi connectivity index (χ1n) is 8.45. The molecule has 0 saturated carbocycles. The number of hydrogen-bond donors (Lipinski definition) is 1. The van der Waals surface area contributed by atoms with Gasteiger partial charge in [-0.05, 0) is 36.8 Å². The third kappa shape index (κ3) is 2.67. The predicted molar refractivity (Wildman–Crippen MR) is 102 cm³/mol. The molecule has 0 saturated heterocycles. The largest absolute Gasteiger partial charge is 0.366 e. The number of fused-ring (bicyclic) bond motifs is 3. The normalized spacial score (nSPS) is 11.3. The Morgan fingerprint density at radius 1 is 1.04 bits per heavy atom. The Labute approximate surface area is 145 Å². The van der Waals surface area contributed by atoms with E-state index in [1.54, 1.807) is 13.2 Å². The van der Waals surface area contributed by atoms with Gasteiger partial charge in [-0.2, -0.15) is 4.98 Å². The van der Waals surface area contributed by atoms with E-state index in [4.69, 9.17) is 0 Å². The van der Waals surface area contributed by atoms with Crippen LogP contribution < -0.4 is 11.0 Å². The van der Waals surface area contributed by atoms with Crippen molar-refractivity contribution in [2.24, 2.45) is 7.05 Å². The average molecular weight is 332 g/mol. The van der Waals surface area contributed by atoms with E-state index in [0.29, 0.717) is 12.4 Å². The van der Waals surface area contributed by atoms with E-state index in [9.17, 15) is 4.79 Å². The van der Waals surface area contributed by atoms with Crippen LogP contribution in [0, 0.1) is 0 Å². The van der Waals surface area contributed by atoms with Gasteiger partial charge in [0.05, 0.1) is 0 Å². The smallest absolute Gasteiger partial charge is 0.349 e. The summed E-state index contributed by atoms with van der Waals surface area (Å²) in [7, 11) is 1.69. The van der Waals surface area contributed by atoms with Crippen molar-refractivity contribution < 1.29 is 0 Å². The van der Waals surface area contributed by atoms with Crippen LogP contribution in [0.1, 0.15) is 12.5 Å². The molecule has 2 aromatic heterocycles. The summed E-state index contributed by atoms with van der Waals surface area (Å²) in [5.74, 6) is 0.596. The Morgan fingerprint density at radius 2 is 1.84 bits per heavy atom. The summed E-state index contributed by atoms with van der Waals surface area (Å²) in [6, 6.07) is 16.8. The Morgan fingerprint density at radius 3 is 2.64 bits per heavy atom. The summed E-state index contributed by atoms with van der Waals surface area (Å²) in [5.41, 5.74) is 3.41. The SMILES string of the molecule is CCn1c2ccccc2c2cc(CNc3ccn(C)c(=O)n3)ccc21. The Hall–Kier alpha value is -3.08. The lowest BCUT2D eigenvalue weighted by Gasteiger charge is -2.07. The zero-order valence-corrected chi connectivity index (χ0v) is 14.4. The van der Waals surface area contributed by atoms with Crippen LogP contribution in [-0.2, 0) is 20.1 Å². The highest BCUT2D eigenvalue weighted by molar-refractivity contribution is 6.08. The van der Waals surface area contributed by atoms with Crippen LogP contribution in [-0.4, -0.2) is 14.1 Å². The van der Waals surface area contributed by atoms with Gasteiger partial charge in [0.2, 0.25) is 0 Å². The third-order valence-corrected chi connectivity index (χ3v) is 4.60. The summed E-state index contributed by atoms with van der Waals surface area (Å²) in [5, 5.41) is 5.76. The summed E-state index contributed by atoms with van der Waals surface area (Å²) in [6.45, 7) is 3.74. The van der Waals surface area contributed by atoms with E-state index in [1.807, 2.05) is 6.07 Å². The van der Waals surface area contributed by atoms with Gasteiger partial charge in [-0.15, -0.1) is 0 Å². The topological polar surface area (TPSA) is 51.9 Å². The van der Waals surface area contributed by atoms with Crippen molar-refractivity contribution in [2.45, 2.75) is 20.0 Å². The molecule has 0 aliphatic rings. The van der Waals surface area contributed by atoms with Gasteiger partial charge in [-0.3, -0.25) is 0 Å². The highest BCUT2D eigenvalue weighted by Gasteiger charge is 2.09. The summed E-state index contributed by atoms with van der Waals surface area (Å²) >= 11 is 0. The van der Waals surface area contributed by atoms with Crippen molar-refractivity contribution >= 4 is 27.6 Å². The van der Waals surface area contributed by atoms with Crippen molar-refractivity contribution in [3.05, 3.63) is 70.8 Å². The fourth-order valence-electron chi connectivity index (χ4n) is 3.31. The van der Waals surface area contributed by atoms with Gasteiger partial charge < -0.3 is 14.5 Å². The number of nitrogens with zero attached hydrogens (tertiary/aromatic N) is 3. The maximum absolute atomic E-state index is 11.6. The molecule has 0 aliphatic heterocycles. The van der Waals surface area contributed by atoms with E-state index in [2.05, 4.69) is 64.3 Å². The Bertz CT molecular complexity index is 1120. The number of aromatic nitrogens is 3. The number of aryl methyl sites for hydroxylation is 2. The second-order valence-electron chi connectivity index (χ2n) is 6.17. The molecule has 0 unspecified atom stereocenters. The molecule has 2 aromatic carbocycles. The van der Waals surface area contributed by atoms with E-state index in [-0.39, 0.29) is 5.69 Å². The van der Waals surface area contributed by atoms with Crippen molar-refractivity contribution in [3.63, 3.8) is 0 Å². The van der Waals surface area contributed by atoms with Gasteiger partial charge in [0, 0.05) is 48.1 Å². The molecular formula is C20H20N4O. The standard InChI is InChI=1S/C20H20N4O/c1-3-24-17-7-5-4-6-15(17)16-12-14(8-9-18(16)24)13-21-19-10-11-23(2)20(25)22-19/h4-12H,3,13H2,1-2H3,(H,21,22,25). The predicted octanol–water partition coefficient (Wildman–Crippen LogP) is 3.52.